The van der Waals surface area contributed by atoms with Crippen LogP contribution in [0.1, 0.15) is 30.1 Å². The molecule has 0 spiro atoms. The van der Waals surface area contributed by atoms with E-state index in [-0.39, 0.29) is 5.97 Å². The van der Waals surface area contributed by atoms with Crippen molar-refractivity contribution < 1.29 is 9.53 Å². The highest BCUT2D eigenvalue weighted by Crippen LogP contribution is 2.26. The van der Waals surface area contributed by atoms with Gasteiger partial charge in [-0.1, -0.05) is 0 Å². The number of nitrogens with zero attached hydrogens (tertiary/aromatic N) is 1. The van der Waals surface area contributed by atoms with Crippen LogP contribution in [0.25, 0.3) is 0 Å². The van der Waals surface area contributed by atoms with E-state index in [2.05, 4.69) is 27.5 Å². The molecule has 17 heavy (non-hydrogen) atoms. The highest BCUT2D eigenvalue weighted by atomic mass is 127. The fourth-order valence-electron chi connectivity index (χ4n) is 2.11. The predicted molar refractivity (Wildman–Crippen MR) is 76.6 cm³/mol. The van der Waals surface area contributed by atoms with Gasteiger partial charge in [0.05, 0.1) is 17.9 Å². The number of esters is 1. The Labute approximate surface area is 115 Å². The van der Waals surface area contributed by atoms with Crippen molar-refractivity contribution in [3.63, 3.8) is 0 Å². The summed E-state index contributed by atoms with van der Waals surface area (Å²) in [5, 5.41) is 0. The summed E-state index contributed by atoms with van der Waals surface area (Å²) < 4.78 is 6.18. The second-order valence-electron chi connectivity index (χ2n) is 4.08. The third kappa shape index (κ3) is 2.91. The van der Waals surface area contributed by atoms with Gasteiger partial charge in [-0.2, -0.15) is 0 Å². The van der Waals surface area contributed by atoms with Gasteiger partial charge in [-0.3, -0.25) is 0 Å². The van der Waals surface area contributed by atoms with Crippen LogP contribution >= 0.6 is 22.6 Å². The molecule has 2 rings (SSSR count). The number of ether oxygens (including phenoxy) is 1. The normalized spacial score (nSPS) is 15.1. The van der Waals surface area contributed by atoms with Gasteiger partial charge in [0, 0.05) is 16.7 Å². The van der Waals surface area contributed by atoms with Gasteiger partial charge in [0.25, 0.3) is 0 Å². The van der Waals surface area contributed by atoms with E-state index >= 15 is 0 Å². The Morgan fingerprint density at radius 3 is 2.76 bits per heavy atom. The maximum absolute atomic E-state index is 11.9. The molecule has 1 aromatic rings. The van der Waals surface area contributed by atoms with Crippen molar-refractivity contribution in [2.75, 3.05) is 24.6 Å². The molecule has 1 aliphatic rings. The quantitative estimate of drug-likeness (QED) is 0.623. The third-order valence-corrected chi connectivity index (χ3v) is 3.57. The molecule has 1 aliphatic heterocycles. The SMILES string of the molecule is CCOC(=O)c1cc(I)ccc1N1CCCC1. The van der Waals surface area contributed by atoms with Gasteiger partial charge in [-0.15, -0.1) is 0 Å². The lowest BCUT2D eigenvalue weighted by atomic mass is 10.1. The van der Waals surface area contributed by atoms with Gasteiger partial charge in [-0.05, 0) is 60.6 Å². The molecule has 0 aromatic heterocycles. The van der Waals surface area contributed by atoms with Crippen molar-refractivity contribution in [1.29, 1.82) is 0 Å². The third-order valence-electron chi connectivity index (χ3n) is 2.90. The molecule has 1 aromatic carbocycles. The molecule has 92 valence electrons. The second-order valence-corrected chi connectivity index (χ2v) is 5.32. The van der Waals surface area contributed by atoms with E-state index in [0.717, 1.165) is 22.3 Å². The van der Waals surface area contributed by atoms with Gasteiger partial charge in [-0.25, -0.2) is 4.79 Å². The van der Waals surface area contributed by atoms with Crippen molar-refractivity contribution in [1.82, 2.24) is 0 Å². The molecule has 1 heterocycles. The smallest absolute Gasteiger partial charge is 0.340 e. The van der Waals surface area contributed by atoms with Gasteiger partial charge < -0.3 is 9.64 Å². The number of benzene rings is 1. The van der Waals surface area contributed by atoms with E-state index in [4.69, 9.17) is 4.74 Å². The highest BCUT2D eigenvalue weighted by Gasteiger charge is 2.20. The molecule has 3 nitrogen and oxygen atoms in total. The minimum atomic E-state index is -0.215. The van der Waals surface area contributed by atoms with E-state index in [0.29, 0.717) is 12.2 Å². The summed E-state index contributed by atoms with van der Waals surface area (Å²) >= 11 is 2.22. The lowest BCUT2D eigenvalue weighted by Gasteiger charge is -2.20. The van der Waals surface area contributed by atoms with E-state index < -0.39 is 0 Å². The Morgan fingerprint density at radius 2 is 2.12 bits per heavy atom. The van der Waals surface area contributed by atoms with Crippen molar-refractivity contribution in [3.05, 3.63) is 27.3 Å². The van der Waals surface area contributed by atoms with Crippen LogP contribution in [0.5, 0.6) is 0 Å². The summed E-state index contributed by atoms with van der Waals surface area (Å²) in [5.41, 5.74) is 1.71. The largest absolute Gasteiger partial charge is 0.462 e. The van der Waals surface area contributed by atoms with E-state index in [1.165, 1.54) is 12.8 Å². The first-order chi connectivity index (χ1) is 8.22. The molecule has 0 aliphatic carbocycles. The van der Waals surface area contributed by atoms with Gasteiger partial charge in [0.1, 0.15) is 0 Å². The molecule has 0 N–H and O–H groups in total. The molecule has 0 bridgehead atoms. The number of carbonyl (C=O) groups is 1. The standard InChI is InChI=1S/C13H16INO2/c1-2-17-13(16)11-9-10(14)5-6-12(11)15-7-3-4-8-15/h5-6,9H,2-4,7-8H2,1H3. The zero-order valence-corrected chi connectivity index (χ0v) is 12.1. The Morgan fingerprint density at radius 1 is 1.41 bits per heavy atom. The molecule has 1 fully saturated rings. The number of rotatable bonds is 3. The van der Waals surface area contributed by atoms with Crippen LogP contribution < -0.4 is 4.90 Å². The molecule has 1 saturated heterocycles. The molecule has 0 radical (unpaired) electrons. The summed E-state index contributed by atoms with van der Waals surface area (Å²) in [6.45, 7) is 4.32. The molecular formula is C13H16INO2. The summed E-state index contributed by atoms with van der Waals surface area (Å²) in [6.07, 6.45) is 2.41. The number of halogens is 1. The second kappa shape index (κ2) is 5.71. The van der Waals surface area contributed by atoms with Gasteiger partial charge >= 0.3 is 5.97 Å². The number of anilines is 1. The fraction of sp³-hybridized carbons (Fsp3) is 0.462. The average molecular weight is 345 g/mol. The Balaban J connectivity index is 2.33. The zero-order chi connectivity index (χ0) is 12.3. The fourth-order valence-corrected chi connectivity index (χ4v) is 2.61. The summed E-state index contributed by atoms with van der Waals surface area (Å²) in [7, 11) is 0. The minimum absolute atomic E-state index is 0.215. The average Bonchev–Trinajstić information content (AvgIpc) is 2.82. The van der Waals surface area contributed by atoms with Gasteiger partial charge in [0.2, 0.25) is 0 Å². The van der Waals surface area contributed by atoms with Crippen LogP contribution in [0.2, 0.25) is 0 Å². The first-order valence-corrected chi connectivity index (χ1v) is 7.02. The highest BCUT2D eigenvalue weighted by molar-refractivity contribution is 14.1. The maximum atomic E-state index is 11.9. The van der Waals surface area contributed by atoms with Crippen molar-refractivity contribution in [3.8, 4) is 0 Å². The number of carbonyl (C=O) groups excluding carboxylic acids is 1. The summed E-state index contributed by atoms with van der Waals surface area (Å²) in [5.74, 6) is -0.215. The van der Waals surface area contributed by atoms with Crippen molar-refractivity contribution in [2.45, 2.75) is 19.8 Å². The Hall–Kier alpha value is -0.780. The lowest BCUT2D eigenvalue weighted by molar-refractivity contribution is 0.0527. The monoisotopic (exact) mass is 345 g/mol. The van der Waals surface area contributed by atoms with Crippen LogP contribution in [0.4, 0.5) is 5.69 Å². The van der Waals surface area contributed by atoms with Gasteiger partial charge in [0.15, 0.2) is 0 Å². The molecule has 4 heteroatoms. The van der Waals surface area contributed by atoms with Crippen LogP contribution in [0.3, 0.4) is 0 Å². The van der Waals surface area contributed by atoms with Crippen LogP contribution in [-0.4, -0.2) is 25.7 Å². The molecule has 0 atom stereocenters. The molecule has 0 amide bonds. The van der Waals surface area contributed by atoms with Crippen molar-refractivity contribution >= 4 is 34.2 Å². The van der Waals surface area contributed by atoms with E-state index in [9.17, 15) is 4.79 Å². The van der Waals surface area contributed by atoms with E-state index in [1.807, 2.05) is 25.1 Å². The van der Waals surface area contributed by atoms with E-state index in [1.54, 1.807) is 0 Å². The lowest BCUT2D eigenvalue weighted by Crippen LogP contribution is -2.21. The first kappa shape index (κ1) is 12.7. The molecule has 0 unspecified atom stereocenters. The Kier molecular flexibility index (Phi) is 4.25. The Bertz CT molecular complexity index is 414. The molecular weight excluding hydrogens is 329 g/mol. The number of hydrogen-bond acceptors (Lipinski definition) is 3. The summed E-state index contributed by atoms with van der Waals surface area (Å²) in [6, 6.07) is 5.97. The predicted octanol–water partition coefficient (Wildman–Crippen LogP) is 3.07. The summed E-state index contributed by atoms with van der Waals surface area (Å²) in [4.78, 5) is 14.2. The van der Waals surface area contributed by atoms with Crippen LogP contribution in [0, 0.1) is 3.57 Å². The van der Waals surface area contributed by atoms with Crippen LogP contribution in [-0.2, 0) is 4.74 Å². The zero-order valence-electron chi connectivity index (χ0n) is 9.91. The maximum Gasteiger partial charge on any atom is 0.340 e. The van der Waals surface area contributed by atoms with Crippen LogP contribution in [0.15, 0.2) is 18.2 Å². The topological polar surface area (TPSA) is 29.5 Å². The minimum Gasteiger partial charge on any atom is -0.462 e. The number of hydrogen-bond donors (Lipinski definition) is 0. The first-order valence-electron chi connectivity index (χ1n) is 5.94. The van der Waals surface area contributed by atoms with Crippen molar-refractivity contribution in [2.24, 2.45) is 0 Å². The molecule has 0 saturated carbocycles.